The second-order valence-corrected chi connectivity index (χ2v) is 5.15. The summed E-state index contributed by atoms with van der Waals surface area (Å²) in [5.74, 6) is 0.216. The van der Waals surface area contributed by atoms with E-state index in [-0.39, 0.29) is 18.0 Å². The van der Waals surface area contributed by atoms with Crippen molar-refractivity contribution in [2.45, 2.75) is 39.8 Å². The van der Waals surface area contributed by atoms with Crippen LogP contribution in [0.15, 0.2) is 18.2 Å². The quantitative estimate of drug-likeness (QED) is 0.806. The first-order chi connectivity index (χ1) is 9.45. The van der Waals surface area contributed by atoms with Gasteiger partial charge in [-0.2, -0.15) is 0 Å². The fraction of sp³-hybridized carbons (Fsp3) is 0.533. The van der Waals surface area contributed by atoms with Crippen molar-refractivity contribution in [2.24, 2.45) is 11.7 Å². The summed E-state index contributed by atoms with van der Waals surface area (Å²) >= 11 is 0. The third-order valence-corrected chi connectivity index (χ3v) is 2.97. The number of nitrogens with one attached hydrogen (secondary N) is 1. The summed E-state index contributed by atoms with van der Waals surface area (Å²) in [7, 11) is 0. The number of halogens is 1. The number of amides is 1. The normalized spacial score (nSPS) is 12.3. The molecule has 3 N–H and O–H groups in total. The fourth-order valence-corrected chi connectivity index (χ4v) is 1.72. The first-order valence-corrected chi connectivity index (χ1v) is 6.87. The summed E-state index contributed by atoms with van der Waals surface area (Å²) in [5.41, 5.74) is 5.78. The van der Waals surface area contributed by atoms with E-state index in [1.165, 1.54) is 12.1 Å². The van der Waals surface area contributed by atoms with Gasteiger partial charge < -0.3 is 15.8 Å². The summed E-state index contributed by atoms with van der Waals surface area (Å²) in [6.07, 6.45) is 0.223. The molecule has 0 aliphatic heterocycles. The van der Waals surface area contributed by atoms with Crippen LogP contribution in [0, 0.1) is 11.7 Å². The summed E-state index contributed by atoms with van der Waals surface area (Å²) in [6.45, 7) is 6.45. The lowest BCUT2D eigenvalue weighted by atomic mass is 10.1. The standard InChI is InChI=1S/C15H23FN2O2/c1-10(2)7-8-18-15(19)11(3)20-14-6-4-5-13(16)12(14)9-17/h4-6,10-11H,7-9,17H2,1-3H3,(H,18,19). The van der Waals surface area contributed by atoms with E-state index in [4.69, 9.17) is 10.5 Å². The van der Waals surface area contributed by atoms with Crippen LogP contribution in [0.4, 0.5) is 4.39 Å². The number of nitrogens with two attached hydrogens (primary N) is 1. The maximum absolute atomic E-state index is 13.5. The fourth-order valence-electron chi connectivity index (χ4n) is 1.72. The Morgan fingerprint density at radius 2 is 2.10 bits per heavy atom. The summed E-state index contributed by atoms with van der Waals surface area (Å²) in [4.78, 5) is 11.9. The molecule has 1 aromatic carbocycles. The molecule has 0 heterocycles. The molecule has 0 saturated heterocycles. The number of benzene rings is 1. The Labute approximate surface area is 119 Å². The molecule has 4 nitrogen and oxygen atoms in total. The highest BCUT2D eigenvalue weighted by molar-refractivity contribution is 5.80. The predicted octanol–water partition coefficient (Wildman–Crippen LogP) is 2.21. The molecule has 1 aromatic rings. The second kappa shape index (κ2) is 7.85. The topological polar surface area (TPSA) is 64.3 Å². The van der Waals surface area contributed by atoms with E-state index in [1.807, 2.05) is 0 Å². The number of hydrogen-bond donors (Lipinski definition) is 2. The molecule has 0 bridgehead atoms. The van der Waals surface area contributed by atoms with Crippen molar-refractivity contribution in [3.05, 3.63) is 29.6 Å². The average Bonchev–Trinajstić information content (AvgIpc) is 2.38. The summed E-state index contributed by atoms with van der Waals surface area (Å²) < 4.78 is 19.0. The van der Waals surface area contributed by atoms with Crippen LogP contribution < -0.4 is 15.8 Å². The second-order valence-electron chi connectivity index (χ2n) is 5.15. The van der Waals surface area contributed by atoms with Crippen LogP contribution in [0.25, 0.3) is 0 Å². The van der Waals surface area contributed by atoms with Gasteiger partial charge in [0.05, 0.1) is 0 Å². The molecule has 112 valence electrons. The zero-order chi connectivity index (χ0) is 15.1. The Hall–Kier alpha value is -1.62. The van der Waals surface area contributed by atoms with Gasteiger partial charge in [0.1, 0.15) is 11.6 Å². The highest BCUT2D eigenvalue weighted by Crippen LogP contribution is 2.22. The van der Waals surface area contributed by atoms with Gasteiger partial charge in [0, 0.05) is 18.7 Å². The maximum atomic E-state index is 13.5. The largest absolute Gasteiger partial charge is 0.480 e. The number of hydrogen-bond acceptors (Lipinski definition) is 3. The predicted molar refractivity (Wildman–Crippen MR) is 76.8 cm³/mol. The van der Waals surface area contributed by atoms with E-state index in [9.17, 15) is 9.18 Å². The number of ether oxygens (including phenoxy) is 1. The van der Waals surface area contributed by atoms with Crippen LogP contribution in [-0.4, -0.2) is 18.6 Å². The van der Waals surface area contributed by atoms with Crippen LogP contribution in [0.2, 0.25) is 0 Å². The number of carbonyl (C=O) groups excluding carboxylic acids is 1. The highest BCUT2D eigenvalue weighted by Gasteiger charge is 2.17. The first-order valence-electron chi connectivity index (χ1n) is 6.87. The zero-order valence-corrected chi connectivity index (χ0v) is 12.3. The van der Waals surface area contributed by atoms with E-state index in [1.54, 1.807) is 13.0 Å². The van der Waals surface area contributed by atoms with Gasteiger partial charge in [-0.1, -0.05) is 19.9 Å². The molecule has 1 amide bonds. The van der Waals surface area contributed by atoms with E-state index in [0.717, 1.165) is 6.42 Å². The lowest BCUT2D eigenvalue weighted by molar-refractivity contribution is -0.127. The third-order valence-electron chi connectivity index (χ3n) is 2.97. The molecular weight excluding hydrogens is 259 g/mol. The minimum absolute atomic E-state index is 0.0314. The monoisotopic (exact) mass is 282 g/mol. The lowest BCUT2D eigenvalue weighted by Crippen LogP contribution is -2.37. The van der Waals surface area contributed by atoms with Gasteiger partial charge in [-0.25, -0.2) is 4.39 Å². The molecule has 1 atom stereocenters. The number of carbonyl (C=O) groups is 1. The molecule has 0 aromatic heterocycles. The van der Waals surface area contributed by atoms with Crippen molar-refractivity contribution < 1.29 is 13.9 Å². The van der Waals surface area contributed by atoms with E-state index < -0.39 is 11.9 Å². The summed E-state index contributed by atoms with van der Waals surface area (Å²) in [6, 6.07) is 4.47. The van der Waals surface area contributed by atoms with Crippen molar-refractivity contribution >= 4 is 5.91 Å². The first kappa shape index (κ1) is 16.4. The van der Waals surface area contributed by atoms with E-state index in [0.29, 0.717) is 18.2 Å². The Kier molecular flexibility index (Phi) is 6.45. The molecule has 0 aliphatic rings. The molecule has 0 spiro atoms. The molecule has 20 heavy (non-hydrogen) atoms. The van der Waals surface area contributed by atoms with Crippen LogP contribution in [-0.2, 0) is 11.3 Å². The SMILES string of the molecule is CC(C)CCNC(=O)C(C)Oc1cccc(F)c1CN. The molecule has 0 radical (unpaired) electrons. The van der Waals surface area contributed by atoms with E-state index in [2.05, 4.69) is 19.2 Å². The van der Waals surface area contributed by atoms with E-state index >= 15 is 0 Å². The molecule has 1 unspecified atom stereocenters. The highest BCUT2D eigenvalue weighted by atomic mass is 19.1. The van der Waals surface area contributed by atoms with Gasteiger partial charge in [0.2, 0.25) is 0 Å². The van der Waals surface area contributed by atoms with Crippen molar-refractivity contribution in [3.8, 4) is 5.75 Å². The van der Waals surface area contributed by atoms with Gasteiger partial charge in [-0.15, -0.1) is 0 Å². The van der Waals surface area contributed by atoms with Crippen molar-refractivity contribution in [3.63, 3.8) is 0 Å². The molecule has 0 aliphatic carbocycles. The molecule has 0 fully saturated rings. The van der Waals surface area contributed by atoms with Crippen LogP contribution >= 0.6 is 0 Å². The molecular formula is C15H23FN2O2. The van der Waals surface area contributed by atoms with Gasteiger partial charge in [0.15, 0.2) is 6.10 Å². The van der Waals surface area contributed by atoms with Crippen LogP contribution in [0.1, 0.15) is 32.8 Å². The maximum Gasteiger partial charge on any atom is 0.260 e. The van der Waals surface area contributed by atoms with Crippen LogP contribution in [0.3, 0.4) is 0 Å². The Morgan fingerprint density at radius 1 is 1.40 bits per heavy atom. The van der Waals surface area contributed by atoms with Crippen molar-refractivity contribution in [1.82, 2.24) is 5.32 Å². The van der Waals surface area contributed by atoms with Gasteiger partial charge >= 0.3 is 0 Å². The average molecular weight is 282 g/mol. The molecule has 0 saturated carbocycles. The van der Waals surface area contributed by atoms with Gasteiger partial charge in [-0.3, -0.25) is 4.79 Å². The smallest absolute Gasteiger partial charge is 0.260 e. The lowest BCUT2D eigenvalue weighted by Gasteiger charge is -2.17. The minimum atomic E-state index is -0.686. The van der Waals surface area contributed by atoms with Crippen LogP contribution in [0.5, 0.6) is 5.75 Å². The number of rotatable bonds is 7. The van der Waals surface area contributed by atoms with Crippen molar-refractivity contribution in [1.29, 1.82) is 0 Å². The third kappa shape index (κ3) is 4.81. The Balaban J connectivity index is 2.59. The van der Waals surface area contributed by atoms with Gasteiger partial charge in [-0.05, 0) is 31.4 Å². The minimum Gasteiger partial charge on any atom is -0.480 e. The Bertz CT molecular complexity index is 449. The molecule has 5 heteroatoms. The zero-order valence-electron chi connectivity index (χ0n) is 12.3. The summed E-state index contributed by atoms with van der Waals surface area (Å²) in [5, 5.41) is 2.80. The molecule has 1 rings (SSSR count). The Morgan fingerprint density at radius 3 is 2.70 bits per heavy atom. The van der Waals surface area contributed by atoms with Gasteiger partial charge in [0.25, 0.3) is 5.91 Å². The van der Waals surface area contributed by atoms with Crippen molar-refractivity contribution in [2.75, 3.05) is 6.54 Å².